The molecule has 37 heavy (non-hydrogen) atoms. The fourth-order valence-electron chi connectivity index (χ4n) is 3.88. The molecule has 0 unspecified atom stereocenters. The molecule has 1 aliphatic heterocycles. The largest absolute Gasteiger partial charge is 0.465 e. The highest BCUT2D eigenvalue weighted by Crippen LogP contribution is 2.31. The first kappa shape index (κ1) is 24.0. The van der Waals surface area contributed by atoms with Gasteiger partial charge in [-0.1, -0.05) is 36.1 Å². The second kappa shape index (κ2) is 10.1. The van der Waals surface area contributed by atoms with Gasteiger partial charge in [-0.3, -0.25) is 9.36 Å². The van der Waals surface area contributed by atoms with Gasteiger partial charge in [0, 0.05) is 6.08 Å². The zero-order valence-corrected chi connectivity index (χ0v) is 20.4. The molecule has 3 aromatic heterocycles. The van der Waals surface area contributed by atoms with Crippen LogP contribution in [0.1, 0.15) is 34.8 Å². The monoisotopic (exact) mass is 516 g/mol. The van der Waals surface area contributed by atoms with E-state index in [0.29, 0.717) is 26.4 Å². The van der Waals surface area contributed by atoms with Crippen LogP contribution in [-0.2, 0) is 9.53 Å². The average molecular weight is 517 g/mol. The molecule has 0 bridgehead atoms. The Morgan fingerprint density at radius 3 is 2.54 bits per heavy atom. The summed E-state index contributed by atoms with van der Waals surface area (Å²) in [5.41, 5.74) is 0.917. The van der Waals surface area contributed by atoms with Crippen molar-refractivity contribution in [3.8, 4) is 5.75 Å². The van der Waals surface area contributed by atoms with Gasteiger partial charge in [-0.25, -0.2) is 14.6 Å². The van der Waals surface area contributed by atoms with Gasteiger partial charge in [-0.2, -0.15) is 0 Å². The second-order valence-corrected chi connectivity index (χ2v) is 8.93. The zero-order chi connectivity index (χ0) is 25.9. The molecular formula is C27H20N2O7S. The molecule has 0 saturated heterocycles. The fourth-order valence-corrected chi connectivity index (χ4v) is 4.91. The van der Waals surface area contributed by atoms with Crippen molar-refractivity contribution in [3.63, 3.8) is 0 Å². The molecule has 0 amide bonds. The van der Waals surface area contributed by atoms with Gasteiger partial charge in [0.1, 0.15) is 18.1 Å². The number of carbonyl (C=O) groups excluding carboxylic acids is 2. The Bertz CT molecular complexity index is 1670. The van der Waals surface area contributed by atoms with Gasteiger partial charge in [0.2, 0.25) is 5.76 Å². The molecule has 1 aromatic carbocycles. The number of aromatic nitrogens is 1. The van der Waals surface area contributed by atoms with Gasteiger partial charge in [0.05, 0.1) is 34.4 Å². The van der Waals surface area contributed by atoms with Crippen molar-refractivity contribution in [2.75, 3.05) is 6.61 Å². The van der Waals surface area contributed by atoms with Gasteiger partial charge in [-0.05, 0) is 48.9 Å². The maximum Gasteiger partial charge on any atom is 0.379 e. The van der Waals surface area contributed by atoms with Gasteiger partial charge in [0.25, 0.3) is 5.56 Å². The highest BCUT2D eigenvalue weighted by molar-refractivity contribution is 7.07. The van der Waals surface area contributed by atoms with Gasteiger partial charge in [-0.15, -0.1) is 0 Å². The first-order valence-electron chi connectivity index (χ1n) is 11.2. The zero-order valence-electron chi connectivity index (χ0n) is 19.6. The summed E-state index contributed by atoms with van der Waals surface area (Å²) in [4.78, 5) is 43.8. The number of hydrogen-bond donors (Lipinski definition) is 0. The van der Waals surface area contributed by atoms with E-state index in [2.05, 4.69) is 11.6 Å². The topological polar surface area (TPSA) is 113 Å². The van der Waals surface area contributed by atoms with E-state index < -0.39 is 18.0 Å². The summed E-state index contributed by atoms with van der Waals surface area (Å²) >= 11 is 1.19. The number of rotatable bonds is 7. The Morgan fingerprint density at radius 1 is 1.11 bits per heavy atom. The van der Waals surface area contributed by atoms with Crippen LogP contribution >= 0.6 is 11.3 Å². The first-order valence-corrected chi connectivity index (χ1v) is 12.0. The van der Waals surface area contributed by atoms with Crippen LogP contribution in [-0.4, -0.2) is 23.1 Å². The van der Waals surface area contributed by atoms with E-state index in [4.69, 9.17) is 18.3 Å². The van der Waals surface area contributed by atoms with Gasteiger partial charge < -0.3 is 18.3 Å². The molecule has 10 heteroatoms. The number of benzene rings is 1. The third-order valence-corrected chi connectivity index (χ3v) is 6.50. The number of nitrogens with zero attached hydrogens (tertiary/aromatic N) is 2. The number of carbonyl (C=O) groups is 2. The molecule has 0 saturated carbocycles. The van der Waals surface area contributed by atoms with Crippen molar-refractivity contribution in [1.82, 2.24) is 4.57 Å². The van der Waals surface area contributed by atoms with E-state index in [9.17, 15) is 14.4 Å². The summed E-state index contributed by atoms with van der Waals surface area (Å²) in [6.07, 6.45) is 5.99. The molecule has 1 aliphatic rings. The Balaban J connectivity index is 1.58. The lowest BCUT2D eigenvalue weighted by atomic mass is 9.96. The number of fused-ring (bicyclic) bond motifs is 1. The van der Waals surface area contributed by atoms with Crippen molar-refractivity contribution < 1.29 is 27.9 Å². The predicted molar refractivity (Wildman–Crippen MR) is 134 cm³/mol. The molecule has 0 fully saturated rings. The normalized spacial score (nSPS) is 15.2. The Morgan fingerprint density at radius 2 is 1.86 bits per heavy atom. The number of furan rings is 2. The summed E-state index contributed by atoms with van der Waals surface area (Å²) in [6.45, 7) is 5.29. The number of thiazole rings is 1. The lowest BCUT2D eigenvalue weighted by Crippen LogP contribution is -2.39. The number of allylic oxidation sites excluding steroid dienone is 1. The SMILES string of the molecule is C=CCOC(=O)C1=C(C)N=c2s/c(=C/c3ccco3)c(=O)n2[C@@H]1c1ccc(OC(=O)c2ccco2)cc1. The number of ether oxygens (including phenoxy) is 2. The number of esters is 2. The molecule has 0 spiro atoms. The van der Waals surface area contributed by atoms with E-state index in [1.807, 2.05) is 0 Å². The maximum atomic E-state index is 13.5. The highest BCUT2D eigenvalue weighted by atomic mass is 32.1. The van der Waals surface area contributed by atoms with Crippen molar-refractivity contribution in [3.05, 3.63) is 122 Å². The molecule has 5 rings (SSSR count). The summed E-state index contributed by atoms with van der Waals surface area (Å²) in [5, 5.41) is 0. The lowest BCUT2D eigenvalue weighted by molar-refractivity contribution is -0.138. The van der Waals surface area contributed by atoms with Crippen LogP contribution in [0.15, 0.2) is 104 Å². The van der Waals surface area contributed by atoms with E-state index >= 15 is 0 Å². The van der Waals surface area contributed by atoms with Crippen molar-refractivity contribution in [2.24, 2.45) is 4.99 Å². The third kappa shape index (κ3) is 4.74. The van der Waals surface area contributed by atoms with E-state index in [0.717, 1.165) is 0 Å². The molecule has 186 valence electrons. The third-order valence-electron chi connectivity index (χ3n) is 5.52. The standard InChI is InChI=1S/C27H20N2O7S/c1-3-12-35-26(32)22-16(2)28-27-29(24(30)21(37-27)15-19-6-4-13-33-19)23(22)17-8-10-18(11-9-17)36-25(31)20-7-5-14-34-20/h3-11,13-15,23H,1,12H2,2H3/b21-15+/t23-/m1/s1. The summed E-state index contributed by atoms with van der Waals surface area (Å²) < 4.78 is 23.0. The minimum Gasteiger partial charge on any atom is -0.465 e. The van der Waals surface area contributed by atoms with Crippen LogP contribution in [0.2, 0.25) is 0 Å². The first-order chi connectivity index (χ1) is 18.0. The van der Waals surface area contributed by atoms with E-state index in [1.54, 1.807) is 55.5 Å². The van der Waals surface area contributed by atoms with Crippen LogP contribution in [0, 0.1) is 0 Å². The molecule has 0 aliphatic carbocycles. The quantitative estimate of drug-likeness (QED) is 0.210. The van der Waals surface area contributed by atoms with Crippen molar-refractivity contribution in [2.45, 2.75) is 13.0 Å². The van der Waals surface area contributed by atoms with Crippen LogP contribution in [0.4, 0.5) is 0 Å². The average Bonchev–Trinajstić information content (AvgIpc) is 3.66. The fraction of sp³-hybridized carbons (Fsp3) is 0.111. The maximum absolute atomic E-state index is 13.5. The Labute approximate surface area is 213 Å². The van der Waals surface area contributed by atoms with E-state index in [1.165, 1.54) is 40.6 Å². The van der Waals surface area contributed by atoms with Crippen LogP contribution < -0.4 is 19.6 Å². The van der Waals surface area contributed by atoms with E-state index in [-0.39, 0.29) is 29.2 Å². The van der Waals surface area contributed by atoms with Crippen LogP contribution in [0.5, 0.6) is 5.75 Å². The molecule has 4 aromatic rings. The van der Waals surface area contributed by atoms with Gasteiger partial charge in [0.15, 0.2) is 4.80 Å². The van der Waals surface area contributed by atoms with Crippen molar-refractivity contribution in [1.29, 1.82) is 0 Å². The predicted octanol–water partition coefficient (Wildman–Crippen LogP) is 3.37. The molecular weight excluding hydrogens is 496 g/mol. The minimum absolute atomic E-state index is 0.00686. The Hall–Kier alpha value is -4.70. The molecule has 4 heterocycles. The summed E-state index contributed by atoms with van der Waals surface area (Å²) in [6, 6.07) is 12.3. The summed E-state index contributed by atoms with van der Waals surface area (Å²) in [5.74, 6) is -0.399. The minimum atomic E-state index is -0.817. The molecule has 9 nitrogen and oxygen atoms in total. The molecule has 1 atom stereocenters. The second-order valence-electron chi connectivity index (χ2n) is 7.92. The number of hydrogen-bond acceptors (Lipinski definition) is 9. The van der Waals surface area contributed by atoms with Crippen molar-refractivity contribution >= 4 is 29.4 Å². The Kier molecular flexibility index (Phi) is 6.57. The lowest BCUT2D eigenvalue weighted by Gasteiger charge is -2.24. The smallest absolute Gasteiger partial charge is 0.379 e. The highest BCUT2D eigenvalue weighted by Gasteiger charge is 2.33. The molecule has 0 radical (unpaired) electrons. The summed E-state index contributed by atoms with van der Waals surface area (Å²) in [7, 11) is 0. The van der Waals surface area contributed by atoms with Gasteiger partial charge >= 0.3 is 11.9 Å². The van der Waals surface area contributed by atoms with Crippen LogP contribution in [0.25, 0.3) is 6.08 Å². The molecule has 0 N–H and O–H groups in total. The van der Waals surface area contributed by atoms with Crippen LogP contribution in [0.3, 0.4) is 0 Å².